The average molecular weight is 465 g/mol. The zero-order valence-electron chi connectivity index (χ0n) is 17.3. The van der Waals surface area contributed by atoms with Gasteiger partial charge in [-0.05, 0) is 34.7 Å². The van der Waals surface area contributed by atoms with E-state index in [9.17, 15) is 4.79 Å². The quantitative estimate of drug-likeness (QED) is 0.427. The van der Waals surface area contributed by atoms with Crippen molar-refractivity contribution in [2.45, 2.75) is 0 Å². The fourth-order valence-electron chi connectivity index (χ4n) is 3.86. The molecule has 1 amide bonds. The number of amides is 1. The van der Waals surface area contributed by atoms with E-state index in [1.54, 1.807) is 17.7 Å². The van der Waals surface area contributed by atoms with Crippen molar-refractivity contribution < 1.29 is 9.53 Å². The highest BCUT2D eigenvalue weighted by atomic mass is 35.5. The smallest absolute Gasteiger partial charge is 0.260 e. The Morgan fingerprint density at radius 1 is 1.00 bits per heavy atom. The summed E-state index contributed by atoms with van der Waals surface area (Å²) in [4.78, 5) is 26.5. The third kappa shape index (κ3) is 4.26. The lowest BCUT2D eigenvalue weighted by Crippen LogP contribution is -2.50. The average Bonchev–Trinajstić information content (AvgIpc) is 3.33. The molecule has 1 aliphatic heterocycles. The Hall–Kier alpha value is -3.16. The maximum atomic E-state index is 12.7. The first kappa shape index (κ1) is 20.7. The van der Waals surface area contributed by atoms with Crippen LogP contribution in [0.1, 0.15) is 0 Å². The summed E-state index contributed by atoms with van der Waals surface area (Å²) in [6, 6.07) is 17.7. The maximum absolute atomic E-state index is 12.7. The van der Waals surface area contributed by atoms with Gasteiger partial charge in [-0.15, -0.1) is 11.3 Å². The Morgan fingerprint density at radius 2 is 1.81 bits per heavy atom. The van der Waals surface area contributed by atoms with E-state index < -0.39 is 0 Å². The highest BCUT2D eigenvalue weighted by Crippen LogP contribution is 2.31. The Labute approximate surface area is 195 Å². The summed E-state index contributed by atoms with van der Waals surface area (Å²) in [6.07, 6.45) is 1.60. The highest BCUT2D eigenvalue weighted by Gasteiger charge is 2.23. The lowest BCUT2D eigenvalue weighted by atomic mass is 10.1. The number of aromatic nitrogens is 2. The summed E-state index contributed by atoms with van der Waals surface area (Å²) in [7, 11) is 0. The van der Waals surface area contributed by atoms with Gasteiger partial charge in [-0.25, -0.2) is 9.97 Å². The first-order chi connectivity index (χ1) is 15.7. The monoisotopic (exact) mass is 464 g/mol. The second-order valence-corrected chi connectivity index (χ2v) is 8.81. The summed E-state index contributed by atoms with van der Waals surface area (Å²) in [5, 5.41) is 3.58. The number of carbonyl (C=O) groups excluding carboxylic acids is 1. The number of halogens is 1. The molecule has 162 valence electrons. The largest absolute Gasteiger partial charge is 0.482 e. The molecule has 0 aliphatic carbocycles. The van der Waals surface area contributed by atoms with E-state index in [0.29, 0.717) is 23.9 Å². The van der Waals surface area contributed by atoms with Crippen molar-refractivity contribution in [2.24, 2.45) is 0 Å². The Bertz CT molecular complexity index is 1240. The van der Waals surface area contributed by atoms with Crippen molar-refractivity contribution in [2.75, 3.05) is 37.7 Å². The Balaban J connectivity index is 1.17. The van der Waals surface area contributed by atoms with Gasteiger partial charge in [-0.3, -0.25) is 4.79 Å². The molecule has 3 heterocycles. The third-order valence-electron chi connectivity index (χ3n) is 5.56. The molecule has 0 atom stereocenters. The number of piperazine rings is 1. The summed E-state index contributed by atoms with van der Waals surface area (Å²) < 4.78 is 5.75. The predicted octanol–water partition coefficient (Wildman–Crippen LogP) is 4.74. The number of carbonyl (C=O) groups is 1. The molecule has 32 heavy (non-hydrogen) atoms. The number of hydrogen-bond donors (Lipinski definition) is 0. The van der Waals surface area contributed by atoms with Crippen LogP contribution in [0.25, 0.3) is 21.3 Å². The number of hydrogen-bond acceptors (Lipinski definition) is 6. The molecular weight excluding hydrogens is 444 g/mol. The van der Waals surface area contributed by atoms with Gasteiger partial charge in [0.1, 0.15) is 22.7 Å². The van der Waals surface area contributed by atoms with Gasteiger partial charge in [0.25, 0.3) is 5.91 Å². The second-order valence-electron chi connectivity index (χ2n) is 7.50. The van der Waals surface area contributed by atoms with Crippen LogP contribution in [-0.4, -0.2) is 53.6 Å². The predicted molar refractivity (Wildman–Crippen MR) is 129 cm³/mol. The first-order valence-corrected chi connectivity index (χ1v) is 11.6. The van der Waals surface area contributed by atoms with Gasteiger partial charge in [0.2, 0.25) is 0 Å². The van der Waals surface area contributed by atoms with Crippen LogP contribution in [0.2, 0.25) is 5.02 Å². The van der Waals surface area contributed by atoms with Crippen molar-refractivity contribution >= 4 is 44.9 Å². The molecule has 0 radical (unpaired) electrons. The summed E-state index contributed by atoms with van der Waals surface area (Å²) >= 11 is 8.01. The topological polar surface area (TPSA) is 58.6 Å². The normalized spacial score (nSPS) is 14.0. The molecule has 1 saturated heterocycles. The molecular formula is C24H21ClN4O2S. The van der Waals surface area contributed by atoms with E-state index in [1.807, 2.05) is 64.9 Å². The number of ether oxygens (including phenoxy) is 1. The van der Waals surface area contributed by atoms with Crippen LogP contribution >= 0.6 is 22.9 Å². The molecule has 0 N–H and O–H groups in total. The van der Waals surface area contributed by atoms with Crippen LogP contribution in [-0.2, 0) is 4.79 Å². The highest BCUT2D eigenvalue weighted by molar-refractivity contribution is 7.16. The van der Waals surface area contributed by atoms with E-state index >= 15 is 0 Å². The van der Waals surface area contributed by atoms with Crippen LogP contribution in [0.4, 0.5) is 5.82 Å². The van der Waals surface area contributed by atoms with Crippen LogP contribution in [0, 0.1) is 0 Å². The van der Waals surface area contributed by atoms with E-state index in [4.69, 9.17) is 16.3 Å². The van der Waals surface area contributed by atoms with Gasteiger partial charge in [-0.1, -0.05) is 48.0 Å². The maximum Gasteiger partial charge on any atom is 0.260 e. The lowest BCUT2D eigenvalue weighted by Gasteiger charge is -2.35. The zero-order valence-corrected chi connectivity index (χ0v) is 18.9. The van der Waals surface area contributed by atoms with Crippen molar-refractivity contribution in [3.8, 4) is 16.9 Å². The number of rotatable bonds is 5. The molecule has 1 fully saturated rings. The molecule has 8 heteroatoms. The molecule has 2 aromatic heterocycles. The molecule has 6 nitrogen and oxygen atoms in total. The van der Waals surface area contributed by atoms with Gasteiger partial charge in [0.15, 0.2) is 6.61 Å². The minimum atomic E-state index is -0.0452. The van der Waals surface area contributed by atoms with Crippen LogP contribution in [0.15, 0.2) is 66.3 Å². The van der Waals surface area contributed by atoms with Gasteiger partial charge < -0.3 is 14.5 Å². The standard InChI is InChI=1S/C24H21ClN4O2S/c25-20-14-18(17-4-2-1-3-5-17)6-7-21(20)31-15-22(30)28-9-11-29(12-10-28)23-19-8-13-32-24(19)27-16-26-23/h1-8,13-14,16H,9-12,15H2. The van der Waals surface area contributed by atoms with Gasteiger partial charge in [0.05, 0.1) is 10.4 Å². The van der Waals surface area contributed by atoms with E-state index in [1.165, 1.54) is 0 Å². The summed E-state index contributed by atoms with van der Waals surface area (Å²) in [5.41, 5.74) is 2.09. The van der Waals surface area contributed by atoms with E-state index in [0.717, 1.165) is 40.3 Å². The molecule has 0 bridgehead atoms. The summed E-state index contributed by atoms with van der Waals surface area (Å²) in [5.74, 6) is 1.40. The van der Waals surface area contributed by atoms with Gasteiger partial charge in [-0.2, -0.15) is 0 Å². The SMILES string of the molecule is O=C(COc1ccc(-c2ccccc2)cc1Cl)N1CCN(c2ncnc3sccc23)CC1. The molecule has 2 aromatic carbocycles. The summed E-state index contributed by atoms with van der Waals surface area (Å²) in [6.45, 7) is 2.66. The fraction of sp³-hybridized carbons (Fsp3) is 0.208. The van der Waals surface area contributed by atoms with Crippen molar-refractivity contribution in [3.63, 3.8) is 0 Å². The molecule has 0 unspecified atom stereocenters. The first-order valence-electron chi connectivity index (χ1n) is 10.4. The van der Waals surface area contributed by atoms with Crippen LogP contribution in [0.3, 0.4) is 0 Å². The van der Waals surface area contributed by atoms with Crippen molar-refractivity contribution in [1.29, 1.82) is 0 Å². The van der Waals surface area contributed by atoms with Crippen LogP contribution in [0.5, 0.6) is 5.75 Å². The number of thiophene rings is 1. The van der Waals surface area contributed by atoms with E-state index in [-0.39, 0.29) is 12.5 Å². The Kier molecular flexibility index (Phi) is 5.92. The minimum Gasteiger partial charge on any atom is -0.482 e. The van der Waals surface area contributed by atoms with Crippen molar-refractivity contribution in [1.82, 2.24) is 14.9 Å². The molecule has 4 aromatic rings. The van der Waals surface area contributed by atoms with Crippen LogP contribution < -0.4 is 9.64 Å². The second kappa shape index (κ2) is 9.14. The molecule has 0 saturated carbocycles. The lowest BCUT2D eigenvalue weighted by molar-refractivity contribution is -0.133. The molecule has 5 rings (SSSR count). The van der Waals surface area contributed by atoms with Crippen molar-refractivity contribution in [3.05, 3.63) is 71.3 Å². The fourth-order valence-corrected chi connectivity index (χ4v) is 4.82. The van der Waals surface area contributed by atoms with Gasteiger partial charge >= 0.3 is 0 Å². The number of fused-ring (bicyclic) bond motifs is 1. The van der Waals surface area contributed by atoms with Gasteiger partial charge in [0, 0.05) is 26.2 Å². The number of anilines is 1. The Morgan fingerprint density at radius 3 is 2.59 bits per heavy atom. The number of benzene rings is 2. The third-order valence-corrected chi connectivity index (χ3v) is 6.68. The molecule has 1 aliphatic rings. The number of nitrogens with zero attached hydrogens (tertiary/aromatic N) is 4. The minimum absolute atomic E-state index is 0.0350. The molecule has 0 spiro atoms. The van der Waals surface area contributed by atoms with E-state index in [2.05, 4.69) is 14.9 Å². The zero-order chi connectivity index (χ0) is 21.9.